The summed E-state index contributed by atoms with van der Waals surface area (Å²) in [5.74, 6) is 1.39. The van der Waals surface area contributed by atoms with Gasteiger partial charge in [-0.05, 0) is 60.3 Å². The molecule has 0 amide bonds. The third-order valence-corrected chi connectivity index (χ3v) is 7.40. The van der Waals surface area contributed by atoms with Gasteiger partial charge in [0.15, 0.2) is 5.82 Å². The molecule has 0 aliphatic carbocycles. The largest absolute Gasteiger partial charge is 0.494 e. The molecule has 0 atom stereocenters. The molecule has 9 heteroatoms. The molecule has 0 radical (unpaired) electrons. The number of para-hydroxylation sites is 1. The molecule has 36 heavy (non-hydrogen) atoms. The van der Waals surface area contributed by atoms with Crippen LogP contribution in [0.25, 0.3) is 38.7 Å². The number of rotatable bonds is 7. The molecule has 0 spiro atoms. The van der Waals surface area contributed by atoms with E-state index in [0.717, 1.165) is 39.6 Å². The van der Waals surface area contributed by atoms with Crippen LogP contribution in [0, 0.1) is 0 Å². The molecule has 0 bridgehead atoms. The Kier molecular flexibility index (Phi) is 5.92. The predicted molar refractivity (Wildman–Crippen MR) is 144 cm³/mol. The van der Waals surface area contributed by atoms with E-state index in [-0.39, 0.29) is 5.56 Å². The molecule has 4 aromatic heterocycles. The van der Waals surface area contributed by atoms with Crippen molar-refractivity contribution in [2.24, 2.45) is 0 Å². The summed E-state index contributed by atoms with van der Waals surface area (Å²) in [6.45, 7) is 2.76. The van der Waals surface area contributed by atoms with Gasteiger partial charge in [0, 0.05) is 17.3 Å². The van der Waals surface area contributed by atoms with Gasteiger partial charge in [-0.25, -0.2) is 4.68 Å². The van der Waals surface area contributed by atoms with E-state index < -0.39 is 0 Å². The second-order valence-electron chi connectivity index (χ2n) is 8.11. The molecule has 178 valence electrons. The van der Waals surface area contributed by atoms with Crippen LogP contribution in [0.2, 0.25) is 0 Å². The van der Waals surface area contributed by atoms with Crippen molar-refractivity contribution in [2.45, 2.75) is 13.3 Å². The number of nitrogens with zero attached hydrogens (tertiary/aromatic N) is 5. The number of aromatic nitrogens is 5. The summed E-state index contributed by atoms with van der Waals surface area (Å²) in [6.07, 6.45) is 4.77. The van der Waals surface area contributed by atoms with Crippen molar-refractivity contribution in [3.05, 3.63) is 98.8 Å². The Hall–Kier alpha value is -4.08. The number of fused-ring (bicyclic) bond motifs is 1. The summed E-state index contributed by atoms with van der Waals surface area (Å²) in [4.78, 5) is 19.3. The molecule has 0 unspecified atom stereocenters. The van der Waals surface area contributed by atoms with E-state index >= 15 is 0 Å². The van der Waals surface area contributed by atoms with Gasteiger partial charge in [-0.1, -0.05) is 42.5 Å². The van der Waals surface area contributed by atoms with Crippen LogP contribution in [-0.2, 0) is 0 Å². The fourth-order valence-corrected chi connectivity index (χ4v) is 5.40. The van der Waals surface area contributed by atoms with E-state index in [1.807, 2.05) is 89.1 Å². The SMILES string of the molecule is CCCOc1ccc(-c2nn(-c3ccccc3)cc2/C=c2\sc3nc(-c4cccs4)nn3c2=O)cc1. The Morgan fingerprint density at radius 3 is 2.56 bits per heavy atom. The maximum absolute atomic E-state index is 13.2. The van der Waals surface area contributed by atoms with E-state index in [1.54, 1.807) is 11.3 Å². The topological polar surface area (TPSA) is 74.3 Å². The highest BCUT2D eigenvalue weighted by Gasteiger charge is 2.15. The fraction of sp³-hybridized carbons (Fsp3) is 0.111. The first-order chi connectivity index (χ1) is 17.7. The Balaban J connectivity index is 1.45. The van der Waals surface area contributed by atoms with E-state index in [4.69, 9.17) is 9.84 Å². The monoisotopic (exact) mass is 511 g/mol. The average Bonchev–Trinajstić information content (AvgIpc) is 3.70. The van der Waals surface area contributed by atoms with Gasteiger partial charge in [-0.15, -0.1) is 16.4 Å². The zero-order chi connectivity index (χ0) is 24.5. The Morgan fingerprint density at radius 1 is 1.00 bits per heavy atom. The third-order valence-electron chi connectivity index (χ3n) is 5.57. The lowest BCUT2D eigenvalue weighted by atomic mass is 10.1. The molecule has 0 saturated carbocycles. The standard InChI is InChI=1S/C27H21N5O2S2/c1-2-14-34-21-12-10-18(11-13-21)24-19(17-31(29-24)20-7-4-3-5-8-20)16-23-26(33)32-27(36-23)28-25(30-32)22-9-6-15-35-22/h3-13,15-17H,2,14H2,1H3/b23-16-. The first kappa shape index (κ1) is 22.4. The maximum atomic E-state index is 13.2. The molecule has 7 nitrogen and oxygen atoms in total. The van der Waals surface area contributed by atoms with Crippen LogP contribution in [0.4, 0.5) is 0 Å². The number of thiazole rings is 1. The van der Waals surface area contributed by atoms with Crippen LogP contribution in [-0.4, -0.2) is 31.0 Å². The molecular formula is C27H21N5O2S2. The number of benzene rings is 2. The molecule has 6 rings (SSSR count). The average molecular weight is 512 g/mol. The van der Waals surface area contributed by atoms with Crippen molar-refractivity contribution in [1.82, 2.24) is 24.4 Å². The Labute approximate surface area is 214 Å². The number of hydrogen-bond acceptors (Lipinski definition) is 7. The van der Waals surface area contributed by atoms with Crippen LogP contribution in [0.1, 0.15) is 18.9 Å². The van der Waals surface area contributed by atoms with Gasteiger partial charge in [-0.2, -0.15) is 14.6 Å². The van der Waals surface area contributed by atoms with Crippen LogP contribution in [0.3, 0.4) is 0 Å². The summed E-state index contributed by atoms with van der Waals surface area (Å²) in [5.41, 5.74) is 3.30. The van der Waals surface area contributed by atoms with Crippen LogP contribution in [0.5, 0.6) is 5.75 Å². The summed E-state index contributed by atoms with van der Waals surface area (Å²) in [7, 11) is 0. The zero-order valence-corrected chi connectivity index (χ0v) is 21.0. The quantitative estimate of drug-likeness (QED) is 0.299. The first-order valence-corrected chi connectivity index (χ1v) is 13.2. The normalized spacial score (nSPS) is 12.0. The highest BCUT2D eigenvalue weighted by Crippen LogP contribution is 2.27. The Bertz CT molecular complexity index is 1730. The minimum absolute atomic E-state index is 0.188. The van der Waals surface area contributed by atoms with Gasteiger partial charge >= 0.3 is 0 Å². The van der Waals surface area contributed by atoms with Crippen molar-refractivity contribution in [1.29, 1.82) is 0 Å². The van der Waals surface area contributed by atoms with Gasteiger partial charge < -0.3 is 4.74 Å². The lowest BCUT2D eigenvalue weighted by Gasteiger charge is -2.05. The zero-order valence-electron chi connectivity index (χ0n) is 19.4. The van der Waals surface area contributed by atoms with Crippen molar-refractivity contribution >= 4 is 33.7 Å². The van der Waals surface area contributed by atoms with Gasteiger partial charge in [0.05, 0.1) is 21.7 Å². The van der Waals surface area contributed by atoms with Crippen LogP contribution in [0.15, 0.2) is 83.1 Å². The van der Waals surface area contributed by atoms with Crippen molar-refractivity contribution in [3.63, 3.8) is 0 Å². The maximum Gasteiger partial charge on any atom is 0.291 e. The first-order valence-electron chi connectivity index (χ1n) is 11.5. The molecule has 0 aliphatic heterocycles. The van der Waals surface area contributed by atoms with Crippen molar-refractivity contribution in [2.75, 3.05) is 6.61 Å². The summed E-state index contributed by atoms with van der Waals surface area (Å²) in [6, 6.07) is 21.7. The summed E-state index contributed by atoms with van der Waals surface area (Å²) in [5, 5.41) is 11.3. The van der Waals surface area contributed by atoms with E-state index in [9.17, 15) is 4.79 Å². The lowest BCUT2D eigenvalue weighted by Crippen LogP contribution is -2.23. The number of thiophene rings is 1. The molecule has 0 saturated heterocycles. The second kappa shape index (κ2) is 9.52. The van der Waals surface area contributed by atoms with Crippen molar-refractivity contribution < 1.29 is 4.74 Å². The second-order valence-corrected chi connectivity index (χ2v) is 10.1. The number of hydrogen-bond donors (Lipinski definition) is 0. The minimum Gasteiger partial charge on any atom is -0.494 e. The summed E-state index contributed by atoms with van der Waals surface area (Å²) >= 11 is 2.88. The highest BCUT2D eigenvalue weighted by molar-refractivity contribution is 7.15. The highest BCUT2D eigenvalue weighted by atomic mass is 32.1. The fourth-order valence-electron chi connectivity index (χ4n) is 3.84. The molecule has 4 heterocycles. The lowest BCUT2D eigenvalue weighted by molar-refractivity contribution is 0.317. The van der Waals surface area contributed by atoms with Gasteiger partial charge in [-0.3, -0.25) is 4.79 Å². The minimum atomic E-state index is -0.188. The Morgan fingerprint density at radius 2 is 1.83 bits per heavy atom. The van der Waals surface area contributed by atoms with Gasteiger partial charge in [0.1, 0.15) is 11.4 Å². The van der Waals surface area contributed by atoms with Gasteiger partial charge in [0.25, 0.3) is 5.56 Å². The summed E-state index contributed by atoms with van der Waals surface area (Å²) < 4.78 is 9.50. The predicted octanol–water partition coefficient (Wildman–Crippen LogP) is 5.07. The van der Waals surface area contributed by atoms with E-state index in [2.05, 4.69) is 17.0 Å². The van der Waals surface area contributed by atoms with Crippen molar-refractivity contribution in [3.8, 4) is 33.4 Å². The molecule has 0 fully saturated rings. The smallest absolute Gasteiger partial charge is 0.291 e. The molecule has 2 aromatic carbocycles. The molecule has 6 aromatic rings. The molecule has 0 N–H and O–H groups in total. The van der Waals surface area contributed by atoms with Gasteiger partial charge in [0.2, 0.25) is 4.96 Å². The van der Waals surface area contributed by atoms with Crippen LogP contribution >= 0.6 is 22.7 Å². The van der Waals surface area contributed by atoms with E-state index in [1.165, 1.54) is 15.9 Å². The molecule has 0 aliphatic rings. The number of ether oxygens (including phenoxy) is 1. The molecular weight excluding hydrogens is 490 g/mol. The third kappa shape index (κ3) is 4.23. The van der Waals surface area contributed by atoms with E-state index in [0.29, 0.717) is 21.9 Å². The van der Waals surface area contributed by atoms with Crippen LogP contribution < -0.4 is 14.8 Å².